The first kappa shape index (κ1) is 19.3. The normalized spacial score (nSPS) is 18.0. The van der Waals surface area contributed by atoms with Gasteiger partial charge in [-0.15, -0.1) is 0 Å². The minimum Gasteiger partial charge on any atom is -0.481 e. The standard InChI is InChI=1S/C20H21N3O5/c1-21-18(25)16-9-14(17(24)22-15-7-13(8-15)20(27)28)11-23(19(16)26)10-12-5-3-2-4-6-12/h2-6,9,11,13,15H,7-8,10H2,1H3,(H,21,25)(H,22,24)(H,27,28)/t13-,15+. The number of benzene rings is 1. The van der Waals surface area contributed by atoms with Crippen LogP contribution in [0.25, 0.3) is 0 Å². The third kappa shape index (κ3) is 4.11. The number of carboxylic acids is 1. The molecule has 1 aromatic heterocycles. The Hall–Kier alpha value is -3.42. The molecule has 146 valence electrons. The van der Waals surface area contributed by atoms with E-state index in [0.29, 0.717) is 12.8 Å². The first-order valence-electron chi connectivity index (χ1n) is 8.93. The Balaban J connectivity index is 1.86. The van der Waals surface area contributed by atoms with Crippen molar-refractivity contribution in [3.8, 4) is 0 Å². The number of amides is 2. The number of aliphatic carboxylic acids is 1. The number of pyridine rings is 1. The Morgan fingerprint density at radius 1 is 1.14 bits per heavy atom. The van der Waals surface area contributed by atoms with Crippen LogP contribution in [0.5, 0.6) is 0 Å². The molecule has 0 bridgehead atoms. The Labute approximate surface area is 161 Å². The molecule has 0 atom stereocenters. The highest BCUT2D eigenvalue weighted by molar-refractivity contribution is 5.99. The number of carbonyl (C=O) groups excluding carboxylic acids is 2. The van der Waals surface area contributed by atoms with E-state index in [1.165, 1.54) is 23.9 Å². The van der Waals surface area contributed by atoms with E-state index in [1.54, 1.807) is 0 Å². The van der Waals surface area contributed by atoms with E-state index in [2.05, 4.69) is 10.6 Å². The molecule has 1 saturated carbocycles. The molecule has 0 spiro atoms. The average Bonchev–Trinajstić information content (AvgIpc) is 2.65. The lowest BCUT2D eigenvalue weighted by Gasteiger charge is -2.32. The number of carboxylic acid groups (broad SMARTS) is 1. The van der Waals surface area contributed by atoms with Crippen LogP contribution in [0.3, 0.4) is 0 Å². The van der Waals surface area contributed by atoms with Crippen LogP contribution in [0.1, 0.15) is 39.1 Å². The molecule has 1 aromatic carbocycles. The number of carbonyl (C=O) groups is 3. The third-order valence-corrected chi connectivity index (χ3v) is 4.84. The van der Waals surface area contributed by atoms with E-state index in [-0.39, 0.29) is 23.7 Å². The summed E-state index contributed by atoms with van der Waals surface area (Å²) in [5.74, 6) is -2.33. The number of aromatic nitrogens is 1. The number of nitrogens with zero attached hydrogens (tertiary/aromatic N) is 1. The maximum Gasteiger partial charge on any atom is 0.306 e. The predicted molar refractivity (Wildman–Crippen MR) is 101 cm³/mol. The lowest BCUT2D eigenvalue weighted by atomic mass is 9.80. The van der Waals surface area contributed by atoms with E-state index in [9.17, 15) is 19.2 Å². The minimum absolute atomic E-state index is 0.122. The highest BCUT2D eigenvalue weighted by atomic mass is 16.4. The van der Waals surface area contributed by atoms with Crippen molar-refractivity contribution in [1.29, 1.82) is 0 Å². The predicted octanol–water partition coefficient (Wildman–Crippen LogP) is 0.849. The molecule has 1 fully saturated rings. The summed E-state index contributed by atoms with van der Waals surface area (Å²) in [6, 6.07) is 10.3. The molecule has 2 amide bonds. The second-order valence-electron chi connectivity index (χ2n) is 6.82. The molecule has 8 nitrogen and oxygen atoms in total. The summed E-state index contributed by atoms with van der Waals surface area (Å²) in [7, 11) is 1.41. The second-order valence-corrected chi connectivity index (χ2v) is 6.82. The Kier molecular flexibility index (Phi) is 5.58. The molecule has 2 aromatic rings. The quantitative estimate of drug-likeness (QED) is 0.684. The summed E-state index contributed by atoms with van der Waals surface area (Å²) in [4.78, 5) is 48.3. The number of rotatable bonds is 6. The van der Waals surface area contributed by atoms with Gasteiger partial charge in [0.15, 0.2) is 0 Å². The first-order valence-corrected chi connectivity index (χ1v) is 8.93. The molecule has 0 saturated heterocycles. The zero-order valence-electron chi connectivity index (χ0n) is 15.3. The van der Waals surface area contributed by atoms with Gasteiger partial charge in [0, 0.05) is 19.3 Å². The van der Waals surface area contributed by atoms with Gasteiger partial charge in [0.1, 0.15) is 5.56 Å². The Morgan fingerprint density at radius 2 is 1.82 bits per heavy atom. The monoisotopic (exact) mass is 383 g/mol. The Bertz CT molecular complexity index is 962. The largest absolute Gasteiger partial charge is 0.481 e. The molecule has 1 aliphatic rings. The van der Waals surface area contributed by atoms with Crippen LogP contribution in [0.4, 0.5) is 0 Å². The van der Waals surface area contributed by atoms with Gasteiger partial charge in [-0.1, -0.05) is 30.3 Å². The fourth-order valence-corrected chi connectivity index (χ4v) is 3.16. The molecule has 28 heavy (non-hydrogen) atoms. The van der Waals surface area contributed by atoms with Gasteiger partial charge in [-0.25, -0.2) is 0 Å². The van der Waals surface area contributed by atoms with Gasteiger partial charge in [0.05, 0.1) is 18.0 Å². The molecule has 8 heteroatoms. The topological polar surface area (TPSA) is 118 Å². The summed E-state index contributed by atoms with van der Waals surface area (Å²) in [5.41, 5.74) is 0.415. The molecule has 0 unspecified atom stereocenters. The van der Waals surface area contributed by atoms with Gasteiger partial charge < -0.3 is 20.3 Å². The lowest BCUT2D eigenvalue weighted by Crippen LogP contribution is -2.47. The van der Waals surface area contributed by atoms with Gasteiger partial charge in [0.25, 0.3) is 17.4 Å². The summed E-state index contributed by atoms with van der Waals surface area (Å²) >= 11 is 0. The van der Waals surface area contributed by atoms with E-state index in [0.717, 1.165) is 5.56 Å². The molecule has 1 heterocycles. The van der Waals surface area contributed by atoms with Crippen LogP contribution in [-0.2, 0) is 11.3 Å². The van der Waals surface area contributed by atoms with Crippen molar-refractivity contribution in [2.45, 2.75) is 25.4 Å². The van der Waals surface area contributed by atoms with E-state index in [4.69, 9.17) is 5.11 Å². The highest BCUT2D eigenvalue weighted by Crippen LogP contribution is 2.27. The molecular formula is C20H21N3O5. The smallest absolute Gasteiger partial charge is 0.306 e. The highest BCUT2D eigenvalue weighted by Gasteiger charge is 2.35. The van der Waals surface area contributed by atoms with Crippen LogP contribution in [0.2, 0.25) is 0 Å². The van der Waals surface area contributed by atoms with Gasteiger partial charge in [-0.2, -0.15) is 0 Å². The van der Waals surface area contributed by atoms with Crippen LogP contribution < -0.4 is 16.2 Å². The number of nitrogens with one attached hydrogen (secondary N) is 2. The zero-order valence-corrected chi connectivity index (χ0v) is 15.3. The van der Waals surface area contributed by atoms with E-state index >= 15 is 0 Å². The maximum absolute atomic E-state index is 12.7. The summed E-state index contributed by atoms with van der Waals surface area (Å²) in [5, 5.41) is 14.1. The van der Waals surface area contributed by atoms with E-state index in [1.807, 2.05) is 30.3 Å². The summed E-state index contributed by atoms with van der Waals surface area (Å²) < 4.78 is 1.33. The molecule has 3 rings (SSSR count). The first-order chi connectivity index (χ1) is 13.4. The van der Waals surface area contributed by atoms with Crippen molar-refractivity contribution in [2.75, 3.05) is 7.05 Å². The van der Waals surface area contributed by atoms with Crippen molar-refractivity contribution in [3.63, 3.8) is 0 Å². The Morgan fingerprint density at radius 3 is 2.43 bits per heavy atom. The fraction of sp³-hybridized carbons (Fsp3) is 0.300. The van der Waals surface area contributed by atoms with E-state index < -0.39 is 29.3 Å². The summed E-state index contributed by atoms with van der Waals surface area (Å²) in [6.45, 7) is 0.218. The van der Waals surface area contributed by atoms with Crippen LogP contribution in [0, 0.1) is 5.92 Å². The van der Waals surface area contributed by atoms with Crippen molar-refractivity contribution in [1.82, 2.24) is 15.2 Å². The van der Waals surface area contributed by atoms with Gasteiger partial charge >= 0.3 is 5.97 Å². The van der Waals surface area contributed by atoms with Crippen molar-refractivity contribution >= 4 is 17.8 Å². The van der Waals surface area contributed by atoms with Crippen molar-refractivity contribution < 1.29 is 19.5 Å². The van der Waals surface area contributed by atoms with Crippen molar-refractivity contribution in [3.05, 3.63) is 69.6 Å². The summed E-state index contributed by atoms with van der Waals surface area (Å²) in [6.07, 6.45) is 2.16. The number of hydrogen-bond donors (Lipinski definition) is 3. The molecule has 0 radical (unpaired) electrons. The van der Waals surface area contributed by atoms with Crippen LogP contribution in [-0.4, -0.2) is 40.5 Å². The third-order valence-electron chi connectivity index (χ3n) is 4.84. The lowest BCUT2D eigenvalue weighted by molar-refractivity contribution is -0.145. The van der Waals surface area contributed by atoms with Gasteiger partial charge in [0.2, 0.25) is 0 Å². The molecule has 3 N–H and O–H groups in total. The fourth-order valence-electron chi connectivity index (χ4n) is 3.16. The molecule has 1 aliphatic carbocycles. The van der Waals surface area contributed by atoms with Crippen molar-refractivity contribution in [2.24, 2.45) is 5.92 Å². The van der Waals surface area contributed by atoms with Crippen LogP contribution in [0.15, 0.2) is 47.4 Å². The zero-order chi connectivity index (χ0) is 20.3. The van der Waals surface area contributed by atoms with Crippen LogP contribution >= 0.6 is 0 Å². The average molecular weight is 383 g/mol. The van der Waals surface area contributed by atoms with Gasteiger partial charge in [-0.3, -0.25) is 19.2 Å². The second kappa shape index (κ2) is 8.08. The van der Waals surface area contributed by atoms with Gasteiger partial charge in [-0.05, 0) is 24.5 Å². The SMILES string of the molecule is CNC(=O)c1cc(C(=O)N[C@H]2C[C@@H](C(=O)O)C2)cn(Cc2ccccc2)c1=O. The molecule has 0 aliphatic heterocycles. The minimum atomic E-state index is -0.871. The maximum atomic E-state index is 12.7. The molecular weight excluding hydrogens is 362 g/mol. The number of hydrogen-bond acceptors (Lipinski definition) is 4.